The predicted octanol–water partition coefficient (Wildman–Crippen LogP) is 8.02. The van der Waals surface area contributed by atoms with Gasteiger partial charge in [-0.1, -0.05) is 94.9 Å². The first-order valence-electron chi connectivity index (χ1n) is 21.2. The summed E-state index contributed by atoms with van der Waals surface area (Å²) in [5.74, 6) is -1.08. The zero-order valence-electron chi connectivity index (χ0n) is 34.1. The second-order valence-electron chi connectivity index (χ2n) is 16.5. The summed E-state index contributed by atoms with van der Waals surface area (Å²) in [6, 6.07) is 22.5. The highest BCUT2D eigenvalue weighted by Crippen LogP contribution is 2.32. The first kappa shape index (κ1) is 44.5. The molecule has 4 atom stereocenters. The number of halogens is 4. The lowest BCUT2D eigenvalue weighted by Crippen LogP contribution is -2.39. The van der Waals surface area contributed by atoms with Gasteiger partial charge >= 0.3 is 11.9 Å². The van der Waals surface area contributed by atoms with Gasteiger partial charge in [0.15, 0.2) is 11.6 Å². The Hall–Kier alpha value is -4.10. The molecule has 0 aliphatic carbocycles. The Balaban J connectivity index is 0.779. The second kappa shape index (κ2) is 20.2. The van der Waals surface area contributed by atoms with Gasteiger partial charge in [-0.25, -0.2) is 9.59 Å². The summed E-state index contributed by atoms with van der Waals surface area (Å²) < 4.78 is 11.5. The second-order valence-corrected chi connectivity index (χ2v) is 18.1. The van der Waals surface area contributed by atoms with Crippen LogP contribution in [-0.4, -0.2) is 97.9 Å². The van der Waals surface area contributed by atoms with Gasteiger partial charge < -0.3 is 20.1 Å². The molecule has 4 heterocycles. The first-order valence-corrected chi connectivity index (χ1v) is 22.7. The molecule has 14 heteroatoms. The van der Waals surface area contributed by atoms with E-state index in [0.29, 0.717) is 59.1 Å². The van der Waals surface area contributed by atoms with Crippen molar-refractivity contribution in [3.63, 3.8) is 0 Å². The van der Waals surface area contributed by atoms with Crippen LogP contribution in [0.4, 0.5) is 0 Å². The molecule has 2 saturated heterocycles. The van der Waals surface area contributed by atoms with Crippen LogP contribution in [0.5, 0.6) is 0 Å². The molecular weight excluding hydrogens is 870 g/mol. The Morgan fingerprint density at radius 3 is 1.45 bits per heavy atom. The fraction of sp³-hybridized carbons (Fsp3) is 0.375. The van der Waals surface area contributed by atoms with E-state index in [1.165, 1.54) is 0 Å². The summed E-state index contributed by atoms with van der Waals surface area (Å²) in [7, 11) is 0. The van der Waals surface area contributed by atoms with Gasteiger partial charge in [0.05, 0.1) is 20.1 Å². The standard InChI is InChI=1S/C48H48Cl4N4O6/c49-39-9-7-29(21-41(39)51)23-45(57)37-5-1-3-35-33(37)13-17-53-43(35)27-55-19-15-31(25-55)61-47(59)11-12-48(60)62-32-16-20-56(26-32)28-44-36-4-2-6-38(34(36)14-18-54-44)46(58)24-30-8-10-40(50)42(52)22-30/h1-12,21-22,31-32,43-44,53-54H,13-20,23-28H2/b12-11+. The van der Waals surface area contributed by atoms with E-state index in [-0.39, 0.29) is 48.7 Å². The summed E-state index contributed by atoms with van der Waals surface area (Å²) in [6.45, 7) is 5.57. The van der Waals surface area contributed by atoms with Crippen LogP contribution >= 0.6 is 46.4 Å². The Labute approximate surface area is 381 Å². The quantitative estimate of drug-likeness (QED) is 0.0733. The minimum atomic E-state index is -0.579. The van der Waals surface area contributed by atoms with Crippen LogP contribution in [0.3, 0.4) is 0 Å². The third-order valence-electron chi connectivity index (χ3n) is 12.3. The Bertz CT molecular complexity index is 2230. The number of benzene rings is 4. The Kier molecular flexibility index (Phi) is 14.5. The molecule has 10 nitrogen and oxygen atoms in total. The maximum Gasteiger partial charge on any atom is 0.331 e. The van der Waals surface area contributed by atoms with Crippen molar-refractivity contribution in [3.8, 4) is 0 Å². The molecule has 4 aromatic rings. The number of likely N-dealkylation sites (tertiary alicyclic amines) is 2. The first-order chi connectivity index (χ1) is 30.0. The van der Waals surface area contributed by atoms with Gasteiger partial charge in [0.1, 0.15) is 12.2 Å². The number of hydrogen-bond donors (Lipinski definition) is 2. The van der Waals surface area contributed by atoms with Crippen LogP contribution in [0.2, 0.25) is 20.1 Å². The highest BCUT2D eigenvalue weighted by molar-refractivity contribution is 6.42. The lowest BCUT2D eigenvalue weighted by atomic mass is 9.87. The normalized spacial score (nSPS) is 21.4. The average molecular weight is 919 g/mol. The van der Waals surface area contributed by atoms with Gasteiger partial charge in [-0.3, -0.25) is 19.4 Å². The number of nitrogens with one attached hydrogen (secondary N) is 2. The van der Waals surface area contributed by atoms with Crippen LogP contribution in [0.15, 0.2) is 84.9 Å². The summed E-state index contributed by atoms with van der Waals surface area (Å²) in [5.41, 5.74) is 7.46. The largest absolute Gasteiger partial charge is 0.458 e. The number of ketones is 2. The minimum absolute atomic E-state index is 0.0255. The van der Waals surface area contributed by atoms with Crippen molar-refractivity contribution in [2.24, 2.45) is 0 Å². The molecule has 62 heavy (non-hydrogen) atoms. The van der Waals surface area contributed by atoms with E-state index in [0.717, 1.165) is 95.7 Å². The Morgan fingerprint density at radius 2 is 1.03 bits per heavy atom. The van der Waals surface area contributed by atoms with E-state index in [2.05, 4.69) is 32.6 Å². The number of esters is 2. The monoisotopic (exact) mass is 916 g/mol. The van der Waals surface area contributed by atoms with Crippen LogP contribution in [0.25, 0.3) is 0 Å². The van der Waals surface area contributed by atoms with Crippen molar-refractivity contribution in [1.29, 1.82) is 0 Å². The zero-order valence-corrected chi connectivity index (χ0v) is 37.2. The lowest BCUT2D eigenvalue weighted by Gasteiger charge is -2.31. The summed E-state index contributed by atoms with van der Waals surface area (Å²) in [4.78, 5) is 57.0. The minimum Gasteiger partial charge on any atom is -0.458 e. The number of hydrogen-bond acceptors (Lipinski definition) is 10. The van der Waals surface area contributed by atoms with Gasteiger partial charge in [0.2, 0.25) is 0 Å². The molecule has 0 spiro atoms. The van der Waals surface area contributed by atoms with Gasteiger partial charge in [0.25, 0.3) is 0 Å². The molecule has 4 aromatic carbocycles. The van der Waals surface area contributed by atoms with E-state index >= 15 is 0 Å². The number of Topliss-reactive ketones (excluding diaryl/α,β-unsaturated/α-hetero) is 2. The molecule has 324 valence electrons. The van der Waals surface area contributed by atoms with Crippen LogP contribution in [-0.2, 0) is 44.7 Å². The van der Waals surface area contributed by atoms with Gasteiger partial charge in [0, 0.05) is 87.5 Å². The average Bonchev–Trinajstić information content (AvgIpc) is 3.90. The number of rotatable bonds is 14. The SMILES string of the molecule is O=C(/C=C/C(=O)OC1CCN(CC2NCCc3c(C(=O)Cc4ccc(Cl)c(Cl)c4)cccc32)C1)OC1CCN(CC2NCCc3c(C(=O)Cc4ccc(Cl)c(Cl)c4)cccc32)C1. The summed E-state index contributed by atoms with van der Waals surface area (Å²) in [6.07, 6.45) is 5.04. The maximum absolute atomic E-state index is 13.4. The van der Waals surface area contributed by atoms with Crippen molar-refractivity contribution in [2.75, 3.05) is 52.4 Å². The lowest BCUT2D eigenvalue weighted by molar-refractivity contribution is -0.145. The molecule has 2 N–H and O–H groups in total. The molecule has 2 fully saturated rings. The highest BCUT2D eigenvalue weighted by Gasteiger charge is 2.32. The highest BCUT2D eigenvalue weighted by atomic mass is 35.5. The van der Waals surface area contributed by atoms with Crippen LogP contribution in [0, 0.1) is 0 Å². The van der Waals surface area contributed by atoms with Gasteiger partial charge in [-0.2, -0.15) is 0 Å². The summed E-state index contributed by atoms with van der Waals surface area (Å²) in [5, 5.41) is 9.00. The van der Waals surface area contributed by atoms with Crippen molar-refractivity contribution in [2.45, 2.75) is 62.8 Å². The molecule has 8 rings (SSSR count). The fourth-order valence-corrected chi connectivity index (χ4v) is 9.91. The van der Waals surface area contributed by atoms with Crippen molar-refractivity contribution in [1.82, 2.24) is 20.4 Å². The molecule has 0 bridgehead atoms. The number of nitrogens with zero attached hydrogens (tertiary/aromatic N) is 2. The fourth-order valence-electron chi connectivity index (χ4n) is 9.27. The van der Waals surface area contributed by atoms with Gasteiger partial charge in [-0.15, -0.1) is 0 Å². The molecule has 0 amide bonds. The van der Waals surface area contributed by atoms with Crippen LogP contribution in [0.1, 0.15) is 79.0 Å². The summed E-state index contributed by atoms with van der Waals surface area (Å²) >= 11 is 24.5. The van der Waals surface area contributed by atoms with E-state index in [9.17, 15) is 19.2 Å². The van der Waals surface area contributed by atoms with E-state index in [1.807, 2.05) is 36.4 Å². The molecule has 0 saturated carbocycles. The van der Waals surface area contributed by atoms with E-state index in [1.54, 1.807) is 24.3 Å². The molecule has 0 radical (unpaired) electrons. The third-order valence-corrected chi connectivity index (χ3v) is 13.7. The molecule has 4 unspecified atom stereocenters. The number of carbonyl (C=O) groups is 4. The molecule has 0 aromatic heterocycles. The molecular formula is C48H48Cl4N4O6. The number of fused-ring (bicyclic) bond motifs is 2. The van der Waals surface area contributed by atoms with Crippen molar-refractivity contribution in [3.05, 3.63) is 150 Å². The number of carbonyl (C=O) groups excluding carboxylic acids is 4. The Morgan fingerprint density at radius 1 is 0.597 bits per heavy atom. The van der Waals surface area contributed by atoms with Gasteiger partial charge in [-0.05, 0) is 96.4 Å². The van der Waals surface area contributed by atoms with Crippen molar-refractivity contribution < 1.29 is 28.7 Å². The maximum atomic E-state index is 13.4. The van der Waals surface area contributed by atoms with Crippen molar-refractivity contribution >= 4 is 69.9 Å². The zero-order chi connectivity index (χ0) is 43.3. The molecule has 4 aliphatic heterocycles. The van der Waals surface area contributed by atoms with E-state index < -0.39 is 11.9 Å². The smallest absolute Gasteiger partial charge is 0.331 e. The number of ether oxygens (including phenoxy) is 2. The molecule has 4 aliphatic rings. The topological polar surface area (TPSA) is 117 Å². The third kappa shape index (κ3) is 10.8. The van der Waals surface area contributed by atoms with E-state index in [4.69, 9.17) is 55.9 Å². The predicted molar refractivity (Wildman–Crippen MR) is 242 cm³/mol. The van der Waals surface area contributed by atoms with Crippen LogP contribution < -0.4 is 10.6 Å².